The number of rotatable bonds is 3. The largest absolute Gasteiger partial charge is 0.493 e. The van der Waals surface area contributed by atoms with E-state index in [-0.39, 0.29) is 17.7 Å². The van der Waals surface area contributed by atoms with E-state index in [2.05, 4.69) is 11.4 Å². The van der Waals surface area contributed by atoms with Crippen molar-refractivity contribution >= 4 is 11.8 Å². The third kappa shape index (κ3) is 3.24. The minimum absolute atomic E-state index is 0.0216. The Morgan fingerprint density at radius 1 is 1.32 bits per heavy atom. The second-order valence-corrected chi connectivity index (χ2v) is 6.04. The Balaban J connectivity index is 1.49. The van der Waals surface area contributed by atoms with Crippen LogP contribution in [0.2, 0.25) is 0 Å². The molecule has 1 aromatic rings. The summed E-state index contributed by atoms with van der Waals surface area (Å²) in [5, 5.41) is 3.02. The first kappa shape index (κ1) is 14.9. The minimum Gasteiger partial charge on any atom is -0.493 e. The average molecular weight is 302 g/mol. The van der Waals surface area contributed by atoms with Gasteiger partial charge in [0.05, 0.1) is 6.61 Å². The van der Waals surface area contributed by atoms with Crippen LogP contribution in [0.5, 0.6) is 5.75 Å². The lowest BCUT2D eigenvalue weighted by molar-refractivity contribution is -0.134. The molecule has 0 bridgehead atoms. The van der Waals surface area contributed by atoms with Gasteiger partial charge in [-0.1, -0.05) is 12.1 Å². The van der Waals surface area contributed by atoms with Crippen LogP contribution in [0.3, 0.4) is 0 Å². The van der Waals surface area contributed by atoms with Gasteiger partial charge < -0.3 is 15.0 Å². The number of piperidine rings is 1. The van der Waals surface area contributed by atoms with Crippen LogP contribution in [0.15, 0.2) is 18.2 Å². The number of nitrogens with zero attached hydrogens (tertiary/aromatic N) is 1. The molecule has 1 fully saturated rings. The standard InChI is InChI=1S/C17H22N2O3/c1-12(20)19-7-4-14(5-8-19)17(21)18-11-13-2-3-16-15(10-13)6-9-22-16/h2-3,10,14H,4-9,11H2,1H3,(H,18,21). The number of ether oxygens (including phenoxy) is 1. The quantitative estimate of drug-likeness (QED) is 0.920. The zero-order valence-electron chi connectivity index (χ0n) is 12.9. The van der Waals surface area contributed by atoms with Gasteiger partial charge in [-0.2, -0.15) is 0 Å². The fourth-order valence-corrected chi connectivity index (χ4v) is 3.14. The number of likely N-dealkylation sites (tertiary alicyclic amines) is 1. The molecule has 1 saturated heterocycles. The average Bonchev–Trinajstić information content (AvgIpc) is 3.00. The molecule has 5 nitrogen and oxygen atoms in total. The highest BCUT2D eigenvalue weighted by Gasteiger charge is 2.25. The lowest BCUT2D eigenvalue weighted by Gasteiger charge is -2.30. The molecule has 0 aliphatic carbocycles. The van der Waals surface area contributed by atoms with E-state index in [4.69, 9.17) is 4.74 Å². The van der Waals surface area contributed by atoms with Gasteiger partial charge in [0.1, 0.15) is 5.75 Å². The summed E-state index contributed by atoms with van der Waals surface area (Å²) in [7, 11) is 0. The van der Waals surface area contributed by atoms with Crippen LogP contribution in [-0.4, -0.2) is 36.4 Å². The van der Waals surface area contributed by atoms with Gasteiger partial charge in [0.15, 0.2) is 0 Å². The highest BCUT2D eigenvalue weighted by molar-refractivity contribution is 5.79. The van der Waals surface area contributed by atoms with E-state index in [1.807, 2.05) is 17.0 Å². The highest BCUT2D eigenvalue weighted by atomic mass is 16.5. The van der Waals surface area contributed by atoms with E-state index in [0.717, 1.165) is 37.2 Å². The van der Waals surface area contributed by atoms with Crippen molar-refractivity contribution in [2.24, 2.45) is 5.92 Å². The Kier molecular flexibility index (Phi) is 4.32. The van der Waals surface area contributed by atoms with Gasteiger partial charge in [-0.05, 0) is 30.0 Å². The van der Waals surface area contributed by atoms with E-state index < -0.39 is 0 Å². The zero-order valence-corrected chi connectivity index (χ0v) is 12.9. The minimum atomic E-state index is 0.0216. The van der Waals surface area contributed by atoms with E-state index in [9.17, 15) is 9.59 Å². The smallest absolute Gasteiger partial charge is 0.223 e. The van der Waals surface area contributed by atoms with Crippen LogP contribution in [0.25, 0.3) is 0 Å². The molecule has 5 heteroatoms. The molecule has 2 aliphatic heterocycles. The Labute approximate surface area is 130 Å². The molecule has 0 aromatic heterocycles. The molecule has 1 aromatic carbocycles. The van der Waals surface area contributed by atoms with E-state index in [0.29, 0.717) is 19.6 Å². The number of hydrogen-bond donors (Lipinski definition) is 1. The number of benzene rings is 1. The molecule has 2 heterocycles. The van der Waals surface area contributed by atoms with E-state index in [1.54, 1.807) is 6.92 Å². The van der Waals surface area contributed by atoms with Crippen molar-refractivity contribution in [1.82, 2.24) is 10.2 Å². The Morgan fingerprint density at radius 2 is 2.09 bits per heavy atom. The van der Waals surface area contributed by atoms with Crippen molar-refractivity contribution in [3.8, 4) is 5.75 Å². The second kappa shape index (κ2) is 6.38. The summed E-state index contributed by atoms with van der Waals surface area (Å²) in [6.07, 6.45) is 2.45. The van der Waals surface area contributed by atoms with Gasteiger partial charge in [-0.3, -0.25) is 9.59 Å². The molecule has 1 N–H and O–H groups in total. The van der Waals surface area contributed by atoms with Gasteiger partial charge in [-0.15, -0.1) is 0 Å². The summed E-state index contributed by atoms with van der Waals surface area (Å²) >= 11 is 0. The van der Waals surface area contributed by atoms with Crippen molar-refractivity contribution in [1.29, 1.82) is 0 Å². The highest BCUT2D eigenvalue weighted by Crippen LogP contribution is 2.26. The first-order valence-corrected chi connectivity index (χ1v) is 7.91. The number of amides is 2. The van der Waals surface area contributed by atoms with Gasteiger partial charge >= 0.3 is 0 Å². The predicted octanol–water partition coefficient (Wildman–Crippen LogP) is 1.50. The summed E-state index contributed by atoms with van der Waals surface area (Å²) in [4.78, 5) is 25.3. The fourth-order valence-electron chi connectivity index (χ4n) is 3.14. The van der Waals surface area contributed by atoms with Gasteiger partial charge in [0, 0.05) is 38.9 Å². The molecular formula is C17H22N2O3. The Hall–Kier alpha value is -2.04. The maximum absolute atomic E-state index is 12.2. The van der Waals surface area contributed by atoms with Crippen LogP contribution < -0.4 is 10.1 Å². The molecule has 0 spiro atoms. The zero-order chi connectivity index (χ0) is 15.5. The SMILES string of the molecule is CC(=O)N1CCC(C(=O)NCc2ccc3c(c2)CCO3)CC1. The monoisotopic (exact) mass is 302 g/mol. The summed E-state index contributed by atoms with van der Waals surface area (Å²) < 4.78 is 5.48. The second-order valence-electron chi connectivity index (χ2n) is 6.04. The molecule has 3 rings (SSSR count). The van der Waals surface area contributed by atoms with Crippen LogP contribution in [0, 0.1) is 5.92 Å². The van der Waals surface area contributed by atoms with Gasteiger partial charge in [0.2, 0.25) is 11.8 Å². The molecular weight excluding hydrogens is 280 g/mol. The fraction of sp³-hybridized carbons (Fsp3) is 0.529. The number of carbonyl (C=O) groups excluding carboxylic acids is 2. The number of carbonyl (C=O) groups is 2. The van der Waals surface area contributed by atoms with Crippen molar-refractivity contribution < 1.29 is 14.3 Å². The molecule has 2 amide bonds. The lowest BCUT2D eigenvalue weighted by Crippen LogP contribution is -2.42. The molecule has 0 saturated carbocycles. The Morgan fingerprint density at radius 3 is 2.82 bits per heavy atom. The van der Waals surface area contributed by atoms with Gasteiger partial charge in [-0.25, -0.2) is 0 Å². The first-order valence-electron chi connectivity index (χ1n) is 7.91. The predicted molar refractivity (Wildman–Crippen MR) is 82.5 cm³/mol. The molecule has 0 atom stereocenters. The van der Waals surface area contributed by atoms with Crippen molar-refractivity contribution in [3.05, 3.63) is 29.3 Å². The van der Waals surface area contributed by atoms with E-state index >= 15 is 0 Å². The summed E-state index contributed by atoms with van der Waals surface area (Å²) in [6, 6.07) is 6.10. The number of hydrogen-bond acceptors (Lipinski definition) is 3. The summed E-state index contributed by atoms with van der Waals surface area (Å²) in [6.45, 7) is 4.25. The molecule has 22 heavy (non-hydrogen) atoms. The van der Waals surface area contributed by atoms with Crippen LogP contribution in [0.1, 0.15) is 30.9 Å². The molecule has 118 valence electrons. The molecule has 2 aliphatic rings. The molecule has 0 radical (unpaired) electrons. The van der Waals surface area contributed by atoms with Crippen LogP contribution >= 0.6 is 0 Å². The third-order valence-corrected chi connectivity index (χ3v) is 4.53. The first-order chi connectivity index (χ1) is 10.6. The van der Waals surface area contributed by atoms with Crippen molar-refractivity contribution in [2.75, 3.05) is 19.7 Å². The van der Waals surface area contributed by atoms with Gasteiger partial charge in [0.25, 0.3) is 0 Å². The number of fused-ring (bicyclic) bond motifs is 1. The van der Waals surface area contributed by atoms with Crippen molar-refractivity contribution in [3.63, 3.8) is 0 Å². The summed E-state index contributed by atoms with van der Waals surface area (Å²) in [5.74, 6) is 1.18. The normalized spacial score (nSPS) is 17.8. The topological polar surface area (TPSA) is 58.6 Å². The maximum atomic E-state index is 12.2. The molecule has 0 unspecified atom stereocenters. The Bertz CT molecular complexity index is 577. The van der Waals surface area contributed by atoms with Crippen molar-refractivity contribution in [2.45, 2.75) is 32.7 Å². The van der Waals surface area contributed by atoms with E-state index in [1.165, 1.54) is 5.56 Å². The third-order valence-electron chi connectivity index (χ3n) is 4.53. The number of nitrogens with one attached hydrogen (secondary N) is 1. The van der Waals surface area contributed by atoms with Crippen LogP contribution in [0.4, 0.5) is 0 Å². The van der Waals surface area contributed by atoms with Crippen LogP contribution in [-0.2, 0) is 22.6 Å². The lowest BCUT2D eigenvalue weighted by atomic mass is 9.96. The maximum Gasteiger partial charge on any atom is 0.223 e. The summed E-state index contributed by atoms with van der Waals surface area (Å²) in [5.41, 5.74) is 2.33.